The van der Waals surface area contributed by atoms with E-state index in [0.29, 0.717) is 29.8 Å². The van der Waals surface area contributed by atoms with Gasteiger partial charge in [0, 0.05) is 59.9 Å². The summed E-state index contributed by atoms with van der Waals surface area (Å²) < 4.78 is 269. The molecule has 0 saturated carbocycles. The number of esters is 1. The summed E-state index contributed by atoms with van der Waals surface area (Å²) in [5.74, 6) is -15.5. The number of carboxylic acid groups (broad SMARTS) is 1. The van der Waals surface area contributed by atoms with Crippen molar-refractivity contribution in [2.45, 2.75) is 164 Å². The molecule has 2 heterocycles. The number of carbonyl (C=O) groups is 4. The Labute approximate surface area is 587 Å². The number of likely N-dealkylation sites (N-methyl/N-ethyl adjacent to an activating group) is 2. The van der Waals surface area contributed by atoms with Gasteiger partial charge in [-0.25, -0.2) is 26.3 Å². The van der Waals surface area contributed by atoms with Gasteiger partial charge in [0.1, 0.15) is 47.0 Å². The van der Waals surface area contributed by atoms with Crippen molar-refractivity contribution in [1.29, 1.82) is 0 Å². The number of benzene rings is 4. The van der Waals surface area contributed by atoms with E-state index < -0.39 is 188 Å². The van der Waals surface area contributed by atoms with Crippen LogP contribution < -0.4 is 21.8 Å². The third-order valence-corrected chi connectivity index (χ3v) is 17.2. The van der Waals surface area contributed by atoms with Gasteiger partial charge >= 0.3 is 36.6 Å². The number of nitrogens with zero attached hydrogens (tertiary/aromatic N) is 4. The first-order chi connectivity index (χ1) is 48.0. The Balaban J connectivity index is 0.000000374. The van der Waals surface area contributed by atoms with E-state index in [2.05, 4.69) is 10.6 Å². The molecule has 0 saturated heterocycles. The number of aryl methyl sites for hydroxylation is 4. The molecule has 0 radical (unpaired) electrons. The highest BCUT2D eigenvalue weighted by atomic mass is 19.4. The number of hydrogen-bond acceptors (Lipinski definition) is 9. The maximum absolute atomic E-state index is 16.6. The quantitative estimate of drug-likeness (QED) is 0.0333. The van der Waals surface area contributed by atoms with Gasteiger partial charge in [-0.2, -0.15) is 52.7 Å². The fraction of sp³-hybridized carbons (Fsp3) is 0.472. The number of ether oxygens (including phenoxy) is 1. The van der Waals surface area contributed by atoms with Crippen LogP contribution in [0.4, 0.5) is 79.0 Å². The van der Waals surface area contributed by atoms with Gasteiger partial charge in [0.15, 0.2) is 0 Å². The first-order valence-corrected chi connectivity index (χ1v) is 32.7. The molecule has 0 bridgehead atoms. The monoisotopic (exact) mass is 1500 g/mol. The van der Waals surface area contributed by atoms with Crippen LogP contribution in [0, 0.1) is 74.4 Å². The molecular weight excluding hydrogens is 1420 g/mol. The summed E-state index contributed by atoms with van der Waals surface area (Å²) in [6.07, 6.45) is -22.3. The van der Waals surface area contributed by atoms with Gasteiger partial charge in [0.05, 0.1) is 53.8 Å². The van der Waals surface area contributed by atoms with Gasteiger partial charge in [-0.3, -0.25) is 28.8 Å². The number of halogens is 18. The zero-order chi connectivity index (χ0) is 78.9. The zero-order valence-electron chi connectivity index (χ0n) is 58.9. The van der Waals surface area contributed by atoms with Gasteiger partial charge in [-0.15, -0.1) is 0 Å². The summed E-state index contributed by atoms with van der Waals surface area (Å²) in [6.45, 7) is 17.5. The molecule has 2 unspecified atom stereocenters. The highest BCUT2D eigenvalue weighted by Crippen LogP contribution is 2.45. The second-order valence-electron chi connectivity index (χ2n) is 26.1. The number of alkyl halides is 12. The molecule has 2 amide bonds. The predicted molar refractivity (Wildman–Crippen MR) is 350 cm³/mol. The van der Waals surface area contributed by atoms with Crippen molar-refractivity contribution in [3.8, 4) is 22.3 Å². The molecule has 2 aromatic heterocycles. The van der Waals surface area contributed by atoms with Crippen LogP contribution in [0.15, 0.2) is 70.5 Å². The van der Waals surface area contributed by atoms with Crippen molar-refractivity contribution in [3.63, 3.8) is 0 Å². The van der Waals surface area contributed by atoms with E-state index in [-0.39, 0.29) is 102 Å². The van der Waals surface area contributed by atoms with Crippen LogP contribution >= 0.6 is 0 Å². The molecule has 0 aliphatic carbocycles. The van der Waals surface area contributed by atoms with Crippen LogP contribution in [0.2, 0.25) is 0 Å². The molecule has 3 N–H and O–H groups in total. The summed E-state index contributed by atoms with van der Waals surface area (Å²) >= 11 is 0. The molecule has 6 rings (SSSR count). The number of hydrogen-bond donors (Lipinski definition) is 3. The van der Waals surface area contributed by atoms with E-state index in [1.165, 1.54) is 34.6 Å². The molecule has 0 fully saturated rings. The second-order valence-corrected chi connectivity index (χ2v) is 26.1. The lowest BCUT2D eigenvalue weighted by Gasteiger charge is -2.28. The molecule has 6 aromatic rings. The van der Waals surface area contributed by atoms with Gasteiger partial charge in [0.2, 0.25) is 11.8 Å². The van der Waals surface area contributed by atoms with E-state index >= 15 is 17.6 Å². The minimum atomic E-state index is -5.45. The first kappa shape index (κ1) is 86.0. The topological polar surface area (TPSA) is 172 Å². The average Bonchev–Trinajstić information content (AvgIpc) is 0.758. The number of carboxylic acids is 1. The fourth-order valence-electron chi connectivity index (χ4n) is 12.0. The van der Waals surface area contributed by atoms with Gasteiger partial charge in [-0.1, -0.05) is 41.5 Å². The van der Waals surface area contributed by atoms with E-state index in [1.54, 1.807) is 65.4 Å². The molecule has 4 atom stereocenters. The van der Waals surface area contributed by atoms with Crippen LogP contribution in [0.1, 0.15) is 165 Å². The van der Waals surface area contributed by atoms with Crippen LogP contribution in [0.25, 0.3) is 22.3 Å². The molecule has 0 spiro atoms. The van der Waals surface area contributed by atoms with Gasteiger partial charge < -0.3 is 39.4 Å². The first-order valence-electron chi connectivity index (χ1n) is 32.7. The Bertz CT molecular complexity index is 4190. The van der Waals surface area contributed by atoms with E-state index in [0.717, 1.165) is 41.2 Å². The molecule has 104 heavy (non-hydrogen) atoms. The number of rotatable bonds is 27. The highest BCUT2D eigenvalue weighted by Gasteiger charge is 2.44. The molecule has 32 heteroatoms. The molecule has 14 nitrogen and oxygen atoms in total. The number of aliphatic carboxylic acids is 1. The standard InChI is InChI=1S/C37H42F9N3O4.C35H38F9N3O4/c1-8-48(7)11-10-22-18-49(29(50)16-25(22)36(41,42)43)28(12-19(3)4)35(52)47-27(17-30(51)53-9-2)32-33(39)24(15-26(34(32)40)37(44,45)46)31-20(5)13-23(38)14-21(31)6;1-7-46(6)9-8-20-16-47(27(48)14-23(20)34(39,40)41)26(10-17(2)3)33(51)45-25(15-28(49)50)30-31(37)22(13-24(32(30)38)35(42,43)44)29-18(4)11-21(36)12-19(29)5/h13-16,18-19,27-28H,8-12,17H2,1-7H3,(H,47,52);11-14,16-17,25-26H,7-10,15H2,1-6H3,(H,45,51)(H,49,50)/t27-,28?;25-,26?/m00/s1. The smallest absolute Gasteiger partial charge is 0.419 e. The maximum Gasteiger partial charge on any atom is 0.419 e. The van der Waals surface area contributed by atoms with Crippen molar-refractivity contribution in [3.05, 3.63) is 183 Å². The number of nitrogens with one attached hydrogen (secondary N) is 2. The predicted octanol–water partition coefficient (Wildman–Crippen LogP) is 16.5. The molecule has 0 aliphatic heterocycles. The average molecular weight is 1500 g/mol. The second kappa shape index (κ2) is 34.9. The largest absolute Gasteiger partial charge is 0.481 e. The number of carbonyl (C=O) groups excluding carboxylic acids is 3. The Morgan fingerprint density at radius 2 is 0.808 bits per heavy atom. The third-order valence-electron chi connectivity index (χ3n) is 17.2. The molecular formula is C72H80F18N6O8. The minimum Gasteiger partial charge on any atom is -0.481 e. The number of pyridine rings is 2. The third kappa shape index (κ3) is 21.5. The lowest BCUT2D eigenvalue weighted by Crippen LogP contribution is -2.41. The van der Waals surface area contributed by atoms with Crippen molar-refractivity contribution in [2.24, 2.45) is 11.8 Å². The van der Waals surface area contributed by atoms with Crippen molar-refractivity contribution in [1.82, 2.24) is 29.6 Å². The normalized spacial score (nSPS) is 13.5. The molecule has 572 valence electrons. The number of amides is 2. The summed E-state index contributed by atoms with van der Waals surface area (Å²) in [5, 5.41) is 14.0. The number of aromatic nitrogens is 2. The summed E-state index contributed by atoms with van der Waals surface area (Å²) in [6, 6.07) is -3.11. The van der Waals surface area contributed by atoms with Crippen LogP contribution in [0.3, 0.4) is 0 Å². The lowest BCUT2D eigenvalue weighted by molar-refractivity contribution is -0.144. The Kier molecular flexibility index (Phi) is 28.9. The Morgan fingerprint density at radius 1 is 0.490 bits per heavy atom. The summed E-state index contributed by atoms with van der Waals surface area (Å²) in [7, 11) is 3.31. The van der Waals surface area contributed by atoms with Gasteiger partial charge in [0.25, 0.3) is 11.1 Å². The van der Waals surface area contributed by atoms with Gasteiger partial charge in [-0.05, 0) is 180 Å². The van der Waals surface area contributed by atoms with Crippen LogP contribution in [0.5, 0.6) is 0 Å². The SMILES string of the molecule is CCN(C)CCc1cn(C(CC(C)C)C(=O)N[C@@H](CC(=O)O)c2c(F)c(-c3c(C)cc(F)cc3C)cc(C(F)(F)F)c2F)c(=O)cc1C(F)(F)F.CCOC(=O)C[C@H](NC(=O)C(CC(C)C)n1cc(CCN(C)CC)c(C(F)(F)F)cc1=O)c1c(F)c(-c2c(C)cc(F)cc2C)cc(C(F)(F)F)c1F. The van der Waals surface area contributed by atoms with Crippen LogP contribution in [-0.2, 0) is 61.5 Å². The summed E-state index contributed by atoms with van der Waals surface area (Å²) in [4.78, 5) is 82.5. The zero-order valence-corrected chi connectivity index (χ0v) is 58.9. The highest BCUT2D eigenvalue weighted by molar-refractivity contribution is 5.84. The Morgan fingerprint density at radius 3 is 1.09 bits per heavy atom. The fourth-order valence-corrected chi connectivity index (χ4v) is 12.0. The molecule has 0 aliphatic rings. The minimum absolute atomic E-state index is 0.00216. The maximum atomic E-state index is 16.6. The van der Waals surface area contributed by atoms with Crippen molar-refractivity contribution >= 4 is 23.8 Å². The lowest BCUT2D eigenvalue weighted by atomic mass is 9.89. The van der Waals surface area contributed by atoms with Crippen molar-refractivity contribution in [2.75, 3.05) is 46.9 Å². The van der Waals surface area contributed by atoms with E-state index in [4.69, 9.17) is 4.74 Å². The summed E-state index contributed by atoms with van der Waals surface area (Å²) in [5.41, 5.74) is -14.6. The van der Waals surface area contributed by atoms with E-state index in [1.807, 2.05) is 0 Å². The van der Waals surface area contributed by atoms with E-state index in [9.17, 15) is 95.3 Å². The Hall–Kier alpha value is -8.68. The van der Waals surface area contributed by atoms with Crippen LogP contribution in [-0.4, -0.2) is 94.7 Å². The molecule has 4 aromatic carbocycles. The van der Waals surface area contributed by atoms with Crippen molar-refractivity contribution < 1.29 is 108 Å².